The van der Waals surface area contributed by atoms with Gasteiger partial charge in [0, 0.05) is 29.9 Å². The number of benzene rings is 2. The Morgan fingerprint density at radius 3 is 2.42 bits per heavy atom. The van der Waals surface area contributed by atoms with E-state index in [1.165, 1.54) is 67.6 Å². The lowest BCUT2D eigenvalue weighted by molar-refractivity contribution is -0.117. The summed E-state index contributed by atoms with van der Waals surface area (Å²) in [6.07, 6.45) is 9.23. The molecule has 3 atom stereocenters. The number of aromatic nitrogens is 2. The van der Waals surface area contributed by atoms with E-state index in [4.69, 9.17) is 42.8 Å². The lowest BCUT2D eigenvalue weighted by Gasteiger charge is -2.43. The Hall–Kier alpha value is -4.11. The summed E-state index contributed by atoms with van der Waals surface area (Å²) in [7, 11) is -1.14. The lowest BCUT2D eigenvalue weighted by atomic mass is 9.68. The van der Waals surface area contributed by atoms with Crippen LogP contribution in [0.2, 0.25) is 10.0 Å². The van der Waals surface area contributed by atoms with Gasteiger partial charge in [-0.25, -0.2) is 23.3 Å². The molecule has 266 valence electrons. The van der Waals surface area contributed by atoms with Crippen molar-refractivity contribution in [3.8, 4) is 11.5 Å². The van der Waals surface area contributed by atoms with Crippen molar-refractivity contribution >= 4 is 62.6 Å². The van der Waals surface area contributed by atoms with Gasteiger partial charge in [-0.05, 0) is 54.9 Å². The van der Waals surface area contributed by atoms with Crippen LogP contribution in [0.3, 0.4) is 0 Å². The monoisotopic (exact) mass is 743 g/mol. The number of fused-ring (bicyclic) bond motifs is 1. The Bertz CT molecular complexity index is 1900. The quantitative estimate of drug-likeness (QED) is 0.210. The van der Waals surface area contributed by atoms with E-state index in [2.05, 4.69) is 22.2 Å². The Labute approximate surface area is 301 Å². The second-order valence-corrected chi connectivity index (χ2v) is 15.1. The highest BCUT2D eigenvalue weighted by Gasteiger charge is 2.39. The summed E-state index contributed by atoms with van der Waals surface area (Å²) in [5, 5.41) is 12.1. The molecule has 0 radical (unpaired) electrons. The van der Waals surface area contributed by atoms with Crippen LogP contribution in [0.25, 0.3) is 0 Å². The number of sulfonamides is 1. The smallest absolute Gasteiger partial charge is 0.330 e. The maximum Gasteiger partial charge on any atom is 0.330 e. The molecule has 6 rings (SSSR count). The highest BCUT2D eigenvalue weighted by atomic mass is 35.5. The number of nitrogens with one attached hydrogen (secondary N) is 2. The molecule has 3 amide bonds. The second-order valence-electron chi connectivity index (χ2n) is 12.8. The zero-order chi connectivity index (χ0) is 35.7. The molecule has 1 aromatic heterocycles. The number of carbonyl (C=O) groups is 2. The van der Waals surface area contributed by atoms with E-state index in [9.17, 15) is 18.0 Å². The molecule has 2 saturated carbocycles. The van der Waals surface area contributed by atoms with Gasteiger partial charge < -0.3 is 20.1 Å². The van der Waals surface area contributed by atoms with E-state index in [1.807, 2.05) is 0 Å². The number of rotatable bonds is 11. The van der Waals surface area contributed by atoms with Crippen molar-refractivity contribution in [1.29, 1.82) is 0 Å². The van der Waals surface area contributed by atoms with Gasteiger partial charge in [-0.2, -0.15) is 4.98 Å². The number of urea groups is 1. The van der Waals surface area contributed by atoms with Crippen LogP contribution in [0.4, 0.5) is 22.2 Å². The summed E-state index contributed by atoms with van der Waals surface area (Å²) in [6.45, 7) is 3.54. The number of carbonyl (C=O) groups excluding carboxylic acids is 2. The molecule has 2 aliphatic carbocycles. The zero-order valence-corrected chi connectivity index (χ0v) is 30.0. The third-order valence-corrected chi connectivity index (χ3v) is 11.5. The molecule has 2 heterocycles. The molecule has 4 N–H and O–H groups in total. The fourth-order valence-electron chi connectivity index (χ4n) is 7.00. The minimum absolute atomic E-state index is 0.00242. The third-order valence-electron chi connectivity index (χ3n) is 9.81. The van der Waals surface area contributed by atoms with E-state index < -0.39 is 16.1 Å². The van der Waals surface area contributed by atoms with Crippen LogP contribution >= 0.6 is 23.2 Å². The Morgan fingerprint density at radius 1 is 1.08 bits per heavy atom. The van der Waals surface area contributed by atoms with Gasteiger partial charge in [0.05, 0.1) is 37.9 Å². The van der Waals surface area contributed by atoms with Crippen LogP contribution in [0.1, 0.15) is 49.7 Å². The van der Waals surface area contributed by atoms with Gasteiger partial charge in [0.25, 0.3) is 0 Å². The highest BCUT2D eigenvalue weighted by molar-refractivity contribution is 7.89. The van der Waals surface area contributed by atoms with Crippen molar-refractivity contribution in [2.75, 3.05) is 29.3 Å². The first kappa shape index (κ1) is 35.7. The summed E-state index contributed by atoms with van der Waals surface area (Å²) < 4.78 is 35.2. The van der Waals surface area contributed by atoms with Crippen LogP contribution in [0, 0.1) is 11.8 Å². The number of nitrogens with zero attached hydrogens (tertiary/aromatic N) is 4. The molecular formula is C34H39Cl2N7O6S. The van der Waals surface area contributed by atoms with Gasteiger partial charge in [-0.3, -0.25) is 14.6 Å². The summed E-state index contributed by atoms with van der Waals surface area (Å²) in [5.41, 5.74) is 1.21. The normalized spacial score (nSPS) is 20.8. The maximum atomic E-state index is 14.5. The number of ether oxygens (including phenoxy) is 2. The topological polar surface area (TPSA) is 169 Å². The predicted molar refractivity (Wildman–Crippen MR) is 191 cm³/mol. The number of anilines is 3. The second kappa shape index (κ2) is 14.6. The molecule has 2 aromatic carbocycles. The summed E-state index contributed by atoms with van der Waals surface area (Å²) in [6, 6.07) is 6.68. The van der Waals surface area contributed by atoms with Gasteiger partial charge in [0.15, 0.2) is 0 Å². The third kappa shape index (κ3) is 7.20. The number of halogens is 2. The van der Waals surface area contributed by atoms with Crippen molar-refractivity contribution in [2.24, 2.45) is 17.0 Å². The minimum Gasteiger partial charge on any atom is -0.495 e. The van der Waals surface area contributed by atoms with Gasteiger partial charge >= 0.3 is 6.03 Å². The van der Waals surface area contributed by atoms with Crippen LogP contribution in [0.5, 0.6) is 11.5 Å². The molecule has 2 fully saturated rings. The van der Waals surface area contributed by atoms with Crippen LogP contribution < -0.4 is 35.0 Å². The fraction of sp³-hybridized carbons (Fsp3) is 0.412. The Balaban J connectivity index is 1.38. The van der Waals surface area contributed by atoms with E-state index in [0.29, 0.717) is 28.8 Å². The lowest BCUT2D eigenvalue weighted by Crippen LogP contribution is -2.51. The number of primary sulfonamides is 1. The summed E-state index contributed by atoms with van der Waals surface area (Å²) in [5.74, 6) is 2.04. The molecule has 13 nitrogen and oxygen atoms in total. The molecule has 3 aromatic rings. The molecule has 0 bridgehead atoms. The molecular weight excluding hydrogens is 705 g/mol. The van der Waals surface area contributed by atoms with Gasteiger partial charge in [-0.15, -0.1) is 0 Å². The predicted octanol–water partition coefficient (Wildman–Crippen LogP) is 5.65. The first-order valence-corrected chi connectivity index (χ1v) is 18.6. The van der Waals surface area contributed by atoms with Crippen LogP contribution in [0.15, 0.2) is 54.1 Å². The first-order chi connectivity index (χ1) is 23.9. The summed E-state index contributed by atoms with van der Waals surface area (Å²) in [4.78, 5) is 39.0. The average Bonchev–Trinajstić information content (AvgIpc) is 3.07. The maximum absolute atomic E-state index is 14.5. The van der Waals surface area contributed by atoms with Crippen molar-refractivity contribution in [1.82, 2.24) is 15.3 Å². The van der Waals surface area contributed by atoms with Crippen LogP contribution in [-0.4, -0.2) is 56.6 Å². The van der Waals surface area contributed by atoms with Gasteiger partial charge in [0.2, 0.25) is 21.9 Å². The van der Waals surface area contributed by atoms with Crippen molar-refractivity contribution in [2.45, 2.75) is 68.6 Å². The van der Waals surface area contributed by atoms with Gasteiger partial charge in [0.1, 0.15) is 27.4 Å². The summed E-state index contributed by atoms with van der Waals surface area (Å²) >= 11 is 13.5. The molecule has 3 unspecified atom stereocenters. The highest BCUT2D eigenvalue weighted by Crippen LogP contribution is 2.48. The van der Waals surface area contributed by atoms with Crippen molar-refractivity contribution in [3.63, 3.8) is 0 Å². The Kier molecular flexibility index (Phi) is 10.4. The molecule has 0 spiro atoms. The number of hydrogen-bond acceptors (Lipinski definition) is 9. The number of hydrogen-bond donors (Lipinski definition) is 3. The zero-order valence-electron chi connectivity index (χ0n) is 27.7. The van der Waals surface area contributed by atoms with Crippen molar-refractivity contribution in [3.05, 3.63) is 70.4 Å². The van der Waals surface area contributed by atoms with E-state index in [0.717, 1.165) is 19.3 Å². The van der Waals surface area contributed by atoms with E-state index in [-0.39, 0.29) is 69.2 Å². The largest absolute Gasteiger partial charge is 0.495 e. The fourth-order valence-corrected chi connectivity index (χ4v) is 8.29. The average molecular weight is 745 g/mol. The molecule has 3 aliphatic rings. The Morgan fingerprint density at radius 2 is 1.80 bits per heavy atom. The number of methoxy groups -OCH3 is 2. The van der Waals surface area contributed by atoms with Gasteiger partial charge in [-0.1, -0.05) is 61.2 Å². The minimum atomic E-state index is -4.02. The molecule has 16 heteroatoms. The SMILES string of the molecule is C=CC(=O)NC1CC(C2CCC2)CCC1Nc1ncc2c(n1)N(Cc1cccc(S(N)(=O)=O)c1)C(=O)N(c1c(Cl)c(OC)cc(OC)c1Cl)C2. The number of amides is 3. The van der Waals surface area contributed by atoms with Crippen LogP contribution in [-0.2, 0) is 27.9 Å². The molecule has 0 saturated heterocycles. The van der Waals surface area contributed by atoms with Crippen molar-refractivity contribution < 1.29 is 27.5 Å². The van der Waals surface area contributed by atoms with E-state index in [1.54, 1.807) is 18.3 Å². The number of nitrogens with two attached hydrogens (primary N) is 1. The first-order valence-electron chi connectivity index (χ1n) is 16.3. The molecule has 1 aliphatic heterocycles. The standard InChI is InChI=1S/C34H39Cl2N7O6S/c1-4-28(44)39-25-14-21(20-8-6-9-20)11-12-24(25)40-33-38-16-22-18-42(31-29(35)26(48-2)15-27(49-3)30(31)36)34(45)43(32(22)41-33)17-19-7-5-10-23(13-19)50(37,46)47/h4-5,7,10,13,15-16,20-21,24-25H,1,6,8-9,11-12,14,17-18H2,2-3H3,(H,39,44)(H2,37,46,47)(H,38,40,41). The van der Waals surface area contributed by atoms with E-state index >= 15 is 0 Å². The molecule has 50 heavy (non-hydrogen) atoms.